The lowest BCUT2D eigenvalue weighted by atomic mass is 10.2. The minimum Gasteiger partial charge on any atom is -0.461 e. The molecule has 1 aromatic heterocycles. The van der Waals surface area contributed by atoms with Gasteiger partial charge in [0.2, 0.25) is 0 Å². The van der Waals surface area contributed by atoms with Crippen molar-refractivity contribution in [3.05, 3.63) is 30.0 Å². The van der Waals surface area contributed by atoms with Crippen molar-refractivity contribution in [1.29, 1.82) is 0 Å². The lowest BCUT2D eigenvalue weighted by Crippen LogP contribution is -1.80. The number of nitrogen functional groups attached to an aromatic ring is 1. The van der Waals surface area contributed by atoms with Crippen molar-refractivity contribution >= 4 is 16.7 Å². The number of anilines is 1. The Labute approximate surface area is 64.6 Å². The van der Waals surface area contributed by atoms with Crippen molar-refractivity contribution in [2.75, 3.05) is 5.73 Å². The maximum absolute atomic E-state index is 5.57. The quantitative estimate of drug-likeness (QED) is 0.581. The number of fused-ring (bicyclic) bond motifs is 1. The van der Waals surface area contributed by atoms with Gasteiger partial charge in [-0.3, -0.25) is 0 Å². The van der Waals surface area contributed by atoms with Gasteiger partial charge in [0.25, 0.3) is 0 Å². The summed E-state index contributed by atoms with van der Waals surface area (Å²) in [7, 11) is 0. The molecule has 11 heavy (non-hydrogen) atoms. The fourth-order valence-corrected chi connectivity index (χ4v) is 1.18. The zero-order chi connectivity index (χ0) is 7.84. The summed E-state index contributed by atoms with van der Waals surface area (Å²) in [5.74, 6) is 0.922. The first kappa shape index (κ1) is 6.28. The van der Waals surface area contributed by atoms with Crippen molar-refractivity contribution in [2.45, 2.75) is 6.92 Å². The van der Waals surface area contributed by atoms with Gasteiger partial charge >= 0.3 is 0 Å². The standard InChI is InChI=1S/C9H9NO/c1-6-4-7-2-3-8(10)5-9(7)11-6/h2-5H,10H2,1H3. The molecule has 0 bridgehead atoms. The summed E-state index contributed by atoms with van der Waals surface area (Å²) in [4.78, 5) is 0. The topological polar surface area (TPSA) is 39.2 Å². The van der Waals surface area contributed by atoms with E-state index in [1.807, 2.05) is 31.2 Å². The second-order valence-electron chi connectivity index (χ2n) is 2.65. The number of aryl methyl sites for hydroxylation is 1. The first-order chi connectivity index (χ1) is 5.25. The fraction of sp³-hybridized carbons (Fsp3) is 0.111. The van der Waals surface area contributed by atoms with Crippen LogP contribution in [0.15, 0.2) is 28.7 Å². The lowest BCUT2D eigenvalue weighted by molar-refractivity contribution is 0.579. The van der Waals surface area contributed by atoms with E-state index in [4.69, 9.17) is 10.2 Å². The summed E-state index contributed by atoms with van der Waals surface area (Å²) in [6, 6.07) is 7.66. The van der Waals surface area contributed by atoms with Gasteiger partial charge in [-0.15, -0.1) is 0 Å². The normalized spacial score (nSPS) is 10.6. The van der Waals surface area contributed by atoms with Gasteiger partial charge in [0, 0.05) is 17.1 Å². The van der Waals surface area contributed by atoms with E-state index in [1.54, 1.807) is 0 Å². The molecule has 2 rings (SSSR count). The SMILES string of the molecule is Cc1cc2ccc(N)cc2o1. The summed E-state index contributed by atoms with van der Waals surface area (Å²) >= 11 is 0. The van der Waals surface area contributed by atoms with E-state index >= 15 is 0 Å². The fourth-order valence-electron chi connectivity index (χ4n) is 1.18. The Kier molecular flexibility index (Phi) is 1.15. The third kappa shape index (κ3) is 0.963. The predicted molar refractivity (Wildman–Crippen MR) is 45.4 cm³/mol. The number of nitrogens with two attached hydrogens (primary N) is 1. The van der Waals surface area contributed by atoms with Gasteiger partial charge < -0.3 is 10.2 Å². The van der Waals surface area contributed by atoms with E-state index in [9.17, 15) is 0 Å². The molecule has 1 aromatic carbocycles. The molecule has 2 N–H and O–H groups in total. The van der Waals surface area contributed by atoms with Crippen LogP contribution in [0.4, 0.5) is 5.69 Å². The van der Waals surface area contributed by atoms with E-state index in [0.717, 1.165) is 22.4 Å². The highest BCUT2D eigenvalue weighted by Gasteiger charge is 1.98. The van der Waals surface area contributed by atoms with Crippen LogP contribution >= 0.6 is 0 Å². The number of rotatable bonds is 0. The van der Waals surface area contributed by atoms with Gasteiger partial charge in [0.05, 0.1) is 0 Å². The largest absolute Gasteiger partial charge is 0.461 e. The maximum Gasteiger partial charge on any atom is 0.136 e. The molecule has 0 amide bonds. The molecule has 0 fully saturated rings. The van der Waals surface area contributed by atoms with E-state index in [1.165, 1.54) is 0 Å². The highest BCUT2D eigenvalue weighted by Crippen LogP contribution is 2.20. The van der Waals surface area contributed by atoms with Crippen LogP contribution in [0.3, 0.4) is 0 Å². The molecule has 56 valence electrons. The summed E-state index contributed by atoms with van der Waals surface area (Å²) in [6.45, 7) is 1.93. The molecule has 2 heteroatoms. The third-order valence-corrected chi connectivity index (χ3v) is 1.67. The molecule has 0 radical (unpaired) electrons. The molecular formula is C9H9NO. The number of benzene rings is 1. The zero-order valence-electron chi connectivity index (χ0n) is 6.29. The molecule has 0 atom stereocenters. The van der Waals surface area contributed by atoms with Crippen LogP contribution in [0, 0.1) is 6.92 Å². The molecule has 0 aliphatic carbocycles. The van der Waals surface area contributed by atoms with E-state index < -0.39 is 0 Å². The molecule has 2 nitrogen and oxygen atoms in total. The highest BCUT2D eigenvalue weighted by molar-refractivity contribution is 5.80. The summed E-state index contributed by atoms with van der Waals surface area (Å²) in [6.07, 6.45) is 0. The first-order valence-electron chi connectivity index (χ1n) is 3.51. The Morgan fingerprint density at radius 1 is 1.27 bits per heavy atom. The molecule has 0 unspecified atom stereocenters. The average molecular weight is 147 g/mol. The number of hydrogen-bond donors (Lipinski definition) is 1. The molecule has 0 saturated carbocycles. The Hall–Kier alpha value is -1.44. The smallest absolute Gasteiger partial charge is 0.136 e. The van der Waals surface area contributed by atoms with Crippen molar-refractivity contribution in [3.8, 4) is 0 Å². The minimum atomic E-state index is 0.742. The van der Waals surface area contributed by atoms with E-state index in [0.29, 0.717) is 0 Å². The molecule has 0 aliphatic rings. The average Bonchev–Trinajstić information content (AvgIpc) is 2.27. The Balaban J connectivity index is 2.82. The number of hydrogen-bond acceptors (Lipinski definition) is 2. The molecule has 1 heterocycles. The van der Waals surface area contributed by atoms with Gasteiger partial charge in [0.1, 0.15) is 11.3 Å². The maximum atomic E-state index is 5.57. The predicted octanol–water partition coefficient (Wildman–Crippen LogP) is 2.32. The zero-order valence-corrected chi connectivity index (χ0v) is 6.29. The molecule has 0 spiro atoms. The Bertz CT molecular complexity index is 389. The van der Waals surface area contributed by atoms with Crippen LogP contribution in [0.5, 0.6) is 0 Å². The van der Waals surface area contributed by atoms with Crippen molar-refractivity contribution < 1.29 is 4.42 Å². The van der Waals surface area contributed by atoms with Crippen molar-refractivity contribution in [1.82, 2.24) is 0 Å². The van der Waals surface area contributed by atoms with Crippen LogP contribution in [-0.4, -0.2) is 0 Å². The van der Waals surface area contributed by atoms with E-state index in [2.05, 4.69) is 0 Å². The second kappa shape index (κ2) is 2.02. The molecule has 2 aromatic rings. The van der Waals surface area contributed by atoms with Crippen LogP contribution in [0.2, 0.25) is 0 Å². The Morgan fingerprint density at radius 3 is 2.91 bits per heavy atom. The van der Waals surface area contributed by atoms with Crippen LogP contribution < -0.4 is 5.73 Å². The first-order valence-corrected chi connectivity index (χ1v) is 3.51. The van der Waals surface area contributed by atoms with Gasteiger partial charge in [-0.1, -0.05) is 0 Å². The summed E-state index contributed by atoms with van der Waals surface area (Å²) in [5, 5.41) is 1.11. The lowest BCUT2D eigenvalue weighted by Gasteiger charge is -1.89. The van der Waals surface area contributed by atoms with Gasteiger partial charge in [0.15, 0.2) is 0 Å². The molecular weight excluding hydrogens is 138 g/mol. The van der Waals surface area contributed by atoms with Gasteiger partial charge in [-0.05, 0) is 25.1 Å². The van der Waals surface area contributed by atoms with Gasteiger partial charge in [-0.2, -0.15) is 0 Å². The van der Waals surface area contributed by atoms with Crippen molar-refractivity contribution in [2.24, 2.45) is 0 Å². The Morgan fingerprint density at radius 2 is 2.09 bits per heavy atom. The van der Waals surface area contributed by atoms with Crippen LogP contribution in [0.25, 0.3) is 11.0 Å². The second-order valence-corrected chi connectivity index (χ2v) is 2.65. The monoisotopic (exact) mass is 147 g/mol. The summed E-state index contributed by atoms with van der Waals surface area (Å²) in [5.41, 5.74) is 7.18. The van der Waals surface area contributed by atoms with Crippen molar-refractivity contribution in [3.63, 3.8) is 0 Å². The highest BCUT2D eigenvalue weighted by atomic mass is 16.3. The molecule has 0 saturated heterocycles. The van der Waals surface area contributed by atoms with Crippen LogP contribution in [0.1, 0.15) is 5.76 Å². The number of furan rings is 1. The van der Waals surface area contributed by atoms with E-state index in [-0.39, 0.29) is 0 Å². The van der Waals surface area contributed by atoms with Gasteiger partial charge in [-0.25, -0.2) is 0 Å². The third-order valence-electron chi connectivity index (χ3n) is 1.67. The summed E-state index contributed by atoms with van der Waals surface area (Å²) < 4.78 is 5.37. The van der Waals surface area contributed by atoms with Crippen LogP contribution in [-0.2, 0) is 0 Å². The molecule has 0 aliphatic heterocycles. The minimum absolute atomic E-state index is 0.742.